The summed E-state index contributed by atoms with van der Waals surface area (Å²) >= 11 is 0. The van der Waals surface area contributed by atoms with Gasteiger partial charge in [-0.2, -0.15) is 18.3 Å². The van der Waals surface area contributed by atoms with E-state index in [0.29, 0.717) is 11.3 Å². The highest BCUT2D eigenvalue weighted by Crippen LogP contribution is 2.31. The number of amides is 1. The fourth-order valence-electron chi connectivity index (χ4n) is 2.91. The van der Waals surface area contributed by atoms with E-state index in [9.17, 15) is 22.8 Å². The third-order valence-corrected chi connectivity index (χ3v) is 4.54. The van der Waals surface area contributed by atoms with Crippen LogP contribution in [0, 0.1) is 6.92 Å². The average molecular weight is 433 g/mol. The van der Waals surface area contributed by atoms with E-state index in [1.54, 1.807) is 25.1 Å². The number of rotatable bonds is 5. The minimum atomic E-state index is -4.52. The van der Waals surface area contributed by atoms with Crippen LogP contribution in [-0.2, 0) is 10.9 Å². The van der Waals surface area contributed by atoms with Gasteiger partial charge in [-0.05, 0) is 42.8 Å². The Bertz CT molecular complexity index is 1140. The van der Waals surface area contributed by atoms with Crippen molar-refractivity contribution in [3.63, 3.8) is 0 Å². The molecule has 1 N–H and O–H groups in total. The van der Waals surface area contributed by atoms with Crippen LogP contribution >= 0.6 is 0 Å². The first-order valence-electron chi connectivity index (χ1n) is 8.96. The molecule has 0 radical (unpaired) electrons. The van der Waals surface area contributed by atoms with Gasteiger partial charge in [0, 0.05) is 5.69 Å². The monoisotopic (exact) mass is 433 g/mol. The minimum Gasteiger partial charge on any atom is -0.493 e. The number of alkyl halides is 3. The summed E-state index contributed by atoms with van der Waals surface area (Å²) in [5.41, 5.74) is 0.240. The number of carbonyl (C=O) groups excluding carboxylic acids is 2. The quantitative estimate of drug-likeness (QED) is 0.609. The molecule has 1 amide bonds. The predicted molar refractivity (Wildman–Crippen MR) is 106 cm³/mol. The number of benzene rings is 2. The fraction of sp³-hybridized carbons (Fsp3) is 0.190. The Morgan fingerprint density at radius 3 is 2.45 bits per heavy atom. The number of hydrogen-bond donors (Lipinski definition) is 1. The lowest BCUT2D eigenvalue weighted by atomic mass is 10.1. The Kier molecular flexibility index (Phi) is 6.00. The number of aromatic nitrogens is 2. The summed E-state index contributed by atoms with van der Waals surface area (Å²) in [6.07, 6.45) is -3.21. The maximum atomic E-state index is 13.0. The molecule has 0 atom stereocenters. The van der Waals surface area contributed by atoms with Crippen LogP contribution in [0.3, 0.4) is 0 Å². The van der Waals surface area contributed by atoms with Gasteiger partial charge in [0.15, 0.2) is 11.4 Å². The van der Waals surface area contributed by atoms with Gasteiger partial charge in [-0.15, -0.1) is 0 Å². The zero-order chi connectivity index (χ0) is 22.8. The van der Waals surface area contributed by atoms with Crippen LogP contribution in [0.5, 0.6) is 5.75 Å². The summed E-state index contributed by atoms with van der Waals surface area (Å²) in [6.45, 7) is 1.64. The van der Waals surface area contributed by atoms with E-state index in [-0.39, 0.29) is 22.7 Å². The standard InChI is InChI=1S/C21H18F3N3O4/c1-12-15(20(29)31-3)8-5-9-16(12)25-19(28)18-17(30-2)11-27(26-18)14-7-4-6-13(10-14)21(22,23)24/h4-11H,1-3H3,(H,25,28). The Morgan fingerprint density at radius 1 is 1.10 bits per heavy atom. The molecule has 0 bridgehead atoms. The summed E-state index contributed by atoms with van der Waals surface area (Å²) in [5.74, 6) is -1.15. The predicted octanol–water partition coefficient (Wildman–Crippen LogP) is 4.25. The van der Waals surface area contributed by atoms with Crippen LogP contribution in [0.25, 0.3) is 5.69 Å². The third-order valence-electron chi connectivity index (χ3n) is 4.54. The van der Waals surface area contributed by atoms with E-state index in [1.807, 2.05) is 0 Å². The highest BCUT2D eigenvalue weighted by atomic mass is 19.4. The van der Waals surface area contributed by atoms with Crippen LogP contribution in [0.4, 0.5) is 18.9 Å². The minimum absolute atomic E-state index is 0.0664. The number of hydrogen-bond acceptors (Lipinski definition) is 5. The fourth-order valence-corrected chi connectivity index (χ4v) is 2.91. The summed E-state index contributed by atoms with van der Waals surface area (Å²) in [7, 11) is 2.56. The molecule has 0 saturated heterocycles. The van der Waals surface area contributed by atoms with Gasteiger partial charge in [-0.1, -0.05) is 12.1 Å². The van der Waals surface area contributed by atoms with Crippen molar-refractivity contribution in [3.8, 4) is 11.4 Å². The van der Waals surface area contributed by atoms with Crippen LogP contribution in [-0.4, -0.2) is 35.9 Å². The molecule has 10 heteroatoms. The van der Waals surface area contributed by atoms with Crippen molar-refractivity contribution >= 4 is 17.6 Å². The molecule has 3 rings (SSSR count). The molecular weight excluding hydrogens is 415 g/mol. The maximum absolute atomic E-state index is 13.0. The van der Waals surface area contributed by atoms with Gasteiger partial charge in [0.25, 0.3) is 5.91 Å². The number of nitrogens with zero attached hydrogens (tertiary/aromatic N) is 2. The van der Waals surface area contributed by atoms with Gasteiger partial charge in [0.1, 0.15) is 0 Å². The first kappa shape index (κ1) is 21.9. The largest absolute Gasteiger partial charge is 0.493 e. The second kappa shape index (κ2) is 8.50. The number of halogens is 3. The molecule has 0 saturated carbocycles. The van der Waals surface area contributed by atoms with Crippen LogP contribution in [0.15, 0.2) is 48.7 Å². The summed E-state index contributed by atoms with van der Waals surface area (Å²) in [4.78, 5) is 24.7. The van der Waals surface area contributed by atoms with E-state index in [2.05, 4.69) is 10.4 Å². The third kappa shape index (κ3) is 4.52. The molecular formula is C21H18F3N3O4. The Hall–Kier alpha value is -3.82. The molecule has 3 aromatic rings. The van der Waals surface area contributed by atoms with Gasteiger partial charge >= 0.3 is 12.1 Å². The Balaban J connectivity index is 1.94. The van der Waals surface area contributed by atoms with E-state index in [4.69, 9.17) is 9.47 Å². The SMILES string of the molecule is COC(=O)c1cccc(NC(=O)c2nn(-c3cccc(C(F)(F)F)c3)cc2OC)c1C. The van der Waals surface area contributed by atoms with Gasteiger partial charge in [-0.3, -0.25) is 4.79 Å². The zero-order valence-corrected chi connectivity index (χ0v) is 16.8. The molecule has 0 spiro atoms. The summed E-state index contributed by atoms with van der Waals surface area (Å²) < 4.78 is 50.0. The second-order valence-electron chi connectivity index (χ2n) is 6.46. The second-order valence-corrected chi connectivity index (χ2v) is 6.46. The number of ether oxygens (including phenoxy) is 2. The van der Waals surface area contributed by atoms with Crippen molar-refractivity contribution in [2.75, 3.05) is 19.5 Å². The van der Waals surface area contributed by atoms with E-state index < -0.39 is 23.6 Å². The number of esters is 1. The zero-order valence-electron chi connectivity index (χ0n) is 16.8. The lowest BCUT2D eigenvalue weighted by molar-refractivity contribution is -0.137. The Labute approximate surface area is 175 Å². The molecule has 0 unspecified atom stereocenters. The van der Waals surface area contributed by atoms with Crippen molar-refractivity contribution < 1.29 is 32.2 Å². The highest BCUT2D eigenvalue weighted by Gasteiger charge is 2.31. The van der Waals surface area contributed by atoms with Gasteiger partial charge < -0.3 is 14.8 Å². The number of carbonyl (C=O) groups is 2. The number of methoxy groups -OCH3 is 2. The molecule has 2 aromatic carbocycles. The smallest absolute Gasteiger partial charge is 0.416 e. The van der Waals surface area contributed by atoms with E-state index in [1.165, 1.54) is 32.5 Å². The van der Waals surface area contributed by atoms with Crippen LogP contribution in [0.1, 0.15) is 32.0 Å². The van der Waals surface area contributed by atoms with Crippen molar-refractivity contribution in [3.05, 3.63) is 71.0 Å². The molecule has 0 aliphatic rings. The molecule has 1 heterocycles. The topological polar surface area (TPSA) is 82.5 Å². The van der Waals surface area contributed by atoms with Crippen molar-refractivity contribution in [2.24, 2.45) is 0 Å². The van der Waals surface area contributed by atoms with Gasteiger partial charge in [-0.25, -0.2) is 9.48 Å². The molecule has 7 nitrogen and oxygen atoms in total. The molecule has 0 aliphatic heterocycles. The average Bonchev–Trinajstić information content (AvgIpc) is 3.19. The van der Waals surface area contributed by atoms with E-state index >= 15 is 0 Å². The van der Waals surface area contributed by atoms with Gasteiger partial charge in [0.05, 0.1) is 37.2 Å². The van der Waals surface area contributed by atoms with Crippen molar-refractivity contribution in [1.29, 1.82) is 0 Å². The molecule has 1 aromatic heterocycles. The Morgan fingerprint density at radius 2 is 1.81 bits per heavy atom. The number of anilines is 1. The van der Waals surface area contributed by atoms with Crippen LogP contribution < -0.4 is 10.1 Å². The van der Waals surface area contributed by atoms with Crippen molar-refractivity contribution in [2.45, 2.75) is 13.1 Å². The maximum Gasteiger partial charge on any atom is 0.416 e. The first-order chi connectivity index (χ1) is 14.7. The molecule has 162 valence electrons. The summed E-state index contributed by atoms with van der Waals surface area (Å²) in [5, 5.41) is 6.73. The molecule has 0 aliphatic carbocycles. The molecule has 0 fully saturated rings. The lowest BCUT2D eigenvalue weighted by Gasteiger charge is -2.11. The number of nitrogens with one attached hydrogen (secondary N) is 1. The summed E-state index contributed by atoms with van der Waals surface area (Å²) in [6, 6.07) is 9.25. The van der Waals surface area contributed by atoms with Crippen molar-refractivity contribution in [1.82, 2.24) is 9.78 Å². The van der Waals surface area contributed by atoms with Gasteiger partial charge in [0.2, 0.25) is 0 Å². The highest BCUT2D eigenvalue weighted by molar-refractivity contribution is 6.06. The normalized spacial score (nSPS) is 11.2. The van der Waals surface area contributed by atoms with Crippen LogP contribution in [0.2, 0.25) is 0 Å². The van der Waals surface area contributed by atoms with E-state index in [0.717, 1.165) is 16.8 Å². The molecule has 31 heavy (non-hydrogen) atoms. The lowest BCUT2D eigenvalue weighted by Crippen LogP contribution is -2.16. The first-order valence-corrected chi connectivity index (χ1v) is 8.96.